The fraction of sp³-hybridized carbons (Fsp3) is 0.227. The highest BCUT2D eigenvalue weighted by molar-refractivity contribution is 6.03. The van der Waals surface area contributed by atoms with Crippen LogP contribution in [0.2, 0.25) is 0 Å². The highest BCUT2D eigenvalue weighted by atomic mass is 16.3. The molecule has 0 amide bonds. The lowest BCUT2D eigenvalue weighted by Crippen LogP contribution is -2.33. The van der Waals surface area contributed by atoms with Crippen LogP contribution in [0, 0.1) is 6.92 Å². The maximum atomic E-state index is 12.6. The number of aromatic amines is 1. The number of para-hydroxylation sites is 1. The summed E-state index contributed by atoms with van der Waals surface area (Å²) >= 11 is 0. The number of anilines is 1. The third-order valence-corrected chi connectivity index (χ3v) is 4.68. The average Bonchev–Trinajstić information content (AvgIpc) is 2.68. The molecule has 7 nitrogen and oxygen atoms in total. The first kappa shape index (κ1) is 20.1. The van der Waals surface area contributed by atoms with E-state index in [1.807, 2.05) is 69.2 Å². The van der Waals surface area contributed by atoms with Gasteiger partial charge in [0.2, 0.25) is 5.88 Å². The van der Waals surface area contributed by atoms with Gasteiger partial charge in [0.05, 0.1) is 17.1 Å². The third kappa shape index (κ3) is 3.99. The van der Waals surface area contributed by atoms with Crippen molar-refractivity contribution in [3.05, 3.63) is 80.5 Å². The standard InChI is InChI=1S/C22H24N4O3/c1-5-17(23-15-10-8-11-16(13-15)25(3)4)19-20(27)24-22(29)26(21(19)28)18-12-7-6-9-14(18)2/h6-13,28H,5H2,1-4H3,(H,24,27,29). The van der Waals surface area contributed by atoms with Crippen LogP contribution in [0.1, 0.15) is 24.5 Å². The smallest absolute Gasteiger partial charge is 0.335 e. The van der Waals surface area contributed by atoms with Crippen LogP contribution in [0.3, 0.4) is 0 Å². The minimum absolute atomic E-state index is 0.00870. The number of hydrogen-bond acceptors (Lipinski definition) is 5. The van der Waals surface area contributed by atoms with Crippen molar-refractivity contribution < 1.29 is 5.11 Å². The maximum absolute atomic E-state index is 12.6. The molecule has 1 heterocycles. The van der Waals surface area contributed by atoms with Crippen molar-refractivity contribution in [2.24, 2.45) is 4.99 Å². The third-order valence-electron chi connectivity index (χ3n) is 4.68. The minimum atomic E-state index is -0.699. The number of aromatic nitrogens is 2. The topological polar surface area (TPSA) is 90.7 Å². The molecule has 0 aliphatic rings. The van der Waals surface area contributed by atoms with Crippen LogP contribution in [0.4, 0.5) is 11.4 Å². The second-order valence-electron chi connectivity index (χ2n) is 6.91. The Hall–Kier alpha value is -3.61. The van der Waals surface area contributed by atoms with Crippen molar-refractivity contribution >= 4 is 17.1 Å². The minimum Gasteiger partial charge on any atom is -0.493 e. The van der Waals surface area contributed by atoms with Gasteiger partial charge < -0.3 is 10.0 Å². The van der Waals surface area contributed by atoms with Crippen molar-refractivity contribution in [3.63, 3.8) is 0 Å². The second-order valence-corrected chi connectivity index (χ2v) is 6.91. The summed E-state index contributed by atoms with van der Waals surface area (Å²) < 4.78 is 1.10. The molecule has 0 saturated heterocycles. The summed E-state index contributed by atoms with van der Waals surface area (Å²) in [5, 5.41) is 10.9. The molecule has 0 radical (unpaired) electrons. The number of benzene rings is 2. The monoisotopic (exact) mass is 392 g/mol. The molecule has 2 aromatic carbocycles. The summed E-state index contributed by atoms with van der Waals surface area (Å²) in [5.41, 5.74) is 1.92. The van der Waals surface area contributed by atoms with Crippen molar-refractivity contribution in [1.29, 1.82) is 0 Å². The number of nitrogens with zero attached hydrogens (tertiary/aromatic N) is 3. The molecule has 0 fully saturated rings. The average molecular weight is 392 g/mol. The van der Waals surface area contributed by atoms with Gasteiger partial charge in [-0.2, -0.15) is 0 Å². The predicted molar refractivity (Wildman–Crippen MR) is 116 cm³/mol. The molecule has 0 spiro atoms. The van der Waals surface area contributed by atoms with E-state index in [0.717, 1.165) is 15.8 Å². The molecule has 0 aliphatic carbocycles. The van der Waals surface area contributed by atoms with E-state index in [-0.39, 0.29) is 5.56 Å². The molecule has 0 atom stereocenters. The number of hydrogen-bond donors (Lipinski definition) is 2. The molecule has 0 bridgehead atoms. The van der Waals surface area contributed by atoms with Crippen molar-refractivity contribution in [3.8, 4) is 11.6 Å². The molecular formula is C22H24N4O3. The van der Waals surface area contributed by atoms with Crippen LogP contribution in [-0.4, -0.2) is 34.5 Å². The van der Waals surface area contributed by atoms with Crippen LogP contribution < -0.4 is 16.1 Å². The summed E-state index contributed by atoms with van der Waals surface area (Å²) in [5.74, 6) is -0.419. The lowest BCUT2D eigenvalue weighted by Gasteiger charge is -2.15. The van der Waals surface area contributed by atoms with E-state index in [2.05, 4.69) is 9.98 Å². The first-order valence-electron chi connectivity index (χ1n) is 9.33. The van der Waals surface area contributed by atoms with Gasteiger partial charge in [-0.15, -0.1) is 0 Å². The largest absolute Gasteiger partial charge is 0.493 e. The lowest BCUT2D eigenvalue weighted by atomic mass is 10.1. The van der Waals surface area contributed by atoms with Gasteiger partial charge in [0.15, 0.2) is 0 Å². The maximum Gasteiger partial charge on any atom is 0.335 e. The van der Waals surface area contributed by atoms with Gasteiger partial charge in [-0.05, 0) is 43.2 Å². The molecule has 7 heteroatoms. The summed E-state index contributed by atoms with van der Waals surface area (Å²) in [4.78, 5) is 33.9. The number of nitrogens with one attached hydrogen (secondary N) is 1. The van der Waals surface area contributed by atoms with Gasteiger partial charge in [-0.3, -0.25) is 14.8 Å². The molecule has 0 aliphatic heterocycles. The summed E-state index contributed by atoms with van der Waals surface area (Å²) in [7, 11) is 3.86. The molecule has 0 unspecified atom stereocenters. The second kappa shape index (κ2) is 8.18. The Bertz CT molecular complexity index is 1190. The van der Waals surface area contributed by atoms with E-state index in [1.54, 1.807) is 12.1 Å². The Morgan fingerprint density at radius 3 is 2.52 bits per heavy atom. The first-order chi connectivity index (χ1) is 13.8. The molecule has 3 aromatic rings. The molecule has 3 rings (SSSR count). The molecule has 29 heavy (non-hydrogen) atoms. The van der Waals surface area contributed by atoms with E-state index in [9.17, 15) is 14.7 Å². The van der Waals surface area contributed by atoms with E-state index in [4.69, 9.17) is 0 Å². The molecule has 1 aromatic heterocycles. The van der Waals surface area contributed by atoms with Crippen LogP contribution in [-0.2, 0) is 0 Å². The van der Waals surface area contributed by atoms with E-state index in [1.165, 1.54) is 0 Å². The van der Waals surface area contributed by atoms with Gasteiger partial charge >= 0.3 is 5.69 Å². The van der Waals surface area contributed by atoms with Crippen LogP contribution >= 0.6 is 0 Å². The zero-order valence-corrected chi connectivity index (χ0v) is 16.9. The Labute approximate surface area is 168 Å². The number of aromatic hydroxyl groups is 1. The number of aryl methyl sites for hydroxylation is 1. The highest BCUT2D eigenvalue weighted by Crippen LogP contribution is 2.24. The predicted octanol–water partition coefficient (Wildman–Crippen LogP) is 3.14. The number of H-pyrrole nitrogens is 1. The lowest BCUT2D eigenvalue weighted by molar-refractivity contribution is 0.429. The zero-order chi connectivity index (χ0) is 21.1. The van der Waals surface area contributed by atoms with Crippen molar-refractivity contribution in [2.75, 3.05) is 19.0 Å². The van der Waals surface area contributed by atoms with Crippen LogP contribution in [0.25, 0.3) is 5.69 Å². The van der Waals surface area contributed by atoms with Crippen molar-refractivity contribution in [2.45, 2.75) is 20.3 Å². The van der Waals surface area contributed by atoms with E-state index in [0.29, 0.717) is 23.5 Å². The summed E-state index contributed by atoms with van der Waals surface area (Å²) in [6, 6.07) is 14.7. The molecule has 0 saturated carbocycles. The van der Waals surface area contributed by atoms with E-state index >= 15 is 0 Å². The van der Waals surface area contributed by atoms with Gasteiger partial charge in [0.25, 0.3) is 5.56 Å². The normalized spacial score (nSPS) is 11.5. The Morgan fingerprint density at radius 1 is 1.14 bits per heavy atom. The summed E-state index contributed by atoms with van der Waals surface area (Å²) in [6.07, 6.45) is 0.398. The first-order valence-corrected chi connectivity index (χ1v) is 9.33. The van der Waals surface area contributed by atoms with Crippen LogP contribution in [0.5, 0.6) is 5.88 Å². The Morgan fingerprint density at radius 2 is 1.86 bits per heavy atom. The van der Waals surface area contributed by atoms with Gasteiger partial charge in [0, 0.05) is 19.8 Å². The molecule has 150 valence electrons. The molecular weight excluding hydrogens is 368 g/mol. The zero-order valence-electron chi connectivity index (χ0n) is 16.9. The van der Waals surface area contributed by atoms with Crippen molar-refractivity contribution in [1.82, 2.24) is 9.55 Å². The fourth-order valence-electron chi connectivity index (χ4n) is 3.13. The number of aliphatic imine (C=N–C) groups is 1. The van der Waals surface area contributed by atoms with Gasteiger partial charge in [0.1, 0.15) is 5.56 Å². The number of rotatable bonds is 5. The highest BCUT2D eigenvalue weighted by Gasteiger charge is 2.20. The van der Waals surface area contributed by atoms with E-state index < -0.39 is 17.1 Å². The quantitative estimate of drug-likeness (QED) is 0.653. The Kier molecular flexibility index (Phi) is 5.68. The van der Waals surface area contributed by atoms with Gasteiger partial charge in [-0.25, -0.2) is 9.36 Å². The fourth-order valence-corrected chi connectivity index (χ4v) is 3.13. The SMILES string of the molecule is CCC(=Nc1cccc(N(C)C)c1)c1c(O)n(-c2ccccc2C)c(=O)[nH]c1=O. The van der Waals surface area contributed by atoms with Crippen LogP contribution in [0.15, 0.2) is 63.1 Å². The summed E-state index contributed by atoms with van der Waals surface area (Å²) in [6.45, 7) is 3.67. The Balaban J connectivity index is 2.23. The molecule has 2 N–H and O–H groups in total. The van der Waals surface area contributed by atoms with Gasteiger partial charge in [-0.1, -0.05) is 31.2 Å².